The number of halogens is 1. The van der Waals surface area contributed by atoms with Crippen LogP contribution in [-0.2, 0) is 0 Å². The van der Waals surface area contributed by atoms with Crippen LogP contribution < -0.4 is 10.1 Å². The van der Waals surface area contributed by atoms with E-state index < -0.39 is 0 Å². The van der Waals surface area contributed by atoms with Crippen molar-refractivity contribution in [2.24, 2.45) is 0 Å². The number of methoxy groups -OCH3 is 1. The largest absolute Gasteiger partial charge is 0.496 e. The molecule has 0 aromatic heterocycles. The van der Waals surface area contributed by atoms with E-state index in [2.05, 4.69) is 10.2 Å². The van der Waals surface area contributed by atoms with Gasteiger partial charge in [-0.1, -0.05) is 17.7 Å². The highest BCUT2D eigenvalue weighted by molar-refractivity contribution is 6.34. The number of piperidine rings is 1. The van der Waals surface area contributed by atoms with Crippen molar-refractivity contribution in [1.29, 1.82) is 0 Å². The lowest BCUT2D eigenvalue weighted by molar-refractivity contribution is 0.0816. The number of aliphatic hydroxyl groups is 1. The third-order valence-corrected chi connectivity index (χ3v) is 4.23. The van der Waals surface area contributed by atoms with E-state index in [9.17, 15) is 9.90 Å². The predicted molar refractivity (Wildman–Crippen MR) is 86.6 cm³/mol. The molecule has 6 heteroatoms. The predicted octanol–water partition coefficient (Wildman–Crippen LogP) is 1.93. The van der Waals surface area contributed by atoms with Crippen LogP contribution in [-0.4, -0.2) is 55.3 Å². The van der Waals surface area contributed by atoms with Crippen molar-refractivity contribution in [2.75, 3.05) is 33.3 Å². The second-order valence-electron chi connectivity index (χ2n) is 5.50. The van der Waals surface area contributed by atoms with Crippen LogP contribution in [0.2, 0.25) is 5.02 Å². The van der Waals surface area contributed by atoms with Gasteiger partial charge in [0.2, 0.25) is 0 Å². The van der Waals surface area contributed by atoms with Crippen LogP contribution in [0, 0.1) is 0 Å². The number of nitrogens with zero attached hydrogens (tertiary/aromatic N) is 1. The van der Waals surface area contributed by atoms with Gasteiger partial charge in [0.1, 0.15) is 5.75 Å². The van der Waals surface area contributed by atoms with E-state index in [1.54, 1.807) is 18.2 Å². The highest BCUT2D eigenvalue weighted by Crippen LogP contribution is 2.25. The second-order valence-corrected chi connectivity index (χ2v) is 5.91. The van der Waals surface area contributed by atoms with E-state index in [0.29, 0.717) is 22.9 Å². The lowest BCUT2D eigenvalue weighted by Crippen LogP contribution is -2.37. The van der Waals surface area contributed by atoms with Crippen LogP contribution in [0.25, 0.3) is 0 Å². The monoisotopic (exact) mass is 326 g/mol. The van der Waals surface area contributed by atoms with Crippen LogP contribution in [0.15, 0.2) is 18.2 Å². The van der Waals surface area contributed by atoms with E-state index in [1.807, 2.05) is 0 Å². The first-order valence-corrected chi connectivity index (χ1v) is 8.00. The number of hydrogen-bond acceptors (Lipinski definition) is 4. The lowest BCUT2D eigenvalue weighted by atomic mass is 10.1. The number of benzene rings is 1. The summed E-state index contributed by atoms with van der Waals surface area (Å²) in [6.45, 7) is 3.36. The van der Waals surface area contributed by atoms with E-state index in [1.165, 1.54) is 7.11 Å². The molecule has 0 saturated carbocycles. The van der Waals surface area contributed by atoms with Gasteiger partial charge in [0, 0.05) is 19.6 Å². The molecule has 0 spiro atoms. The highest BCUT2D eigenvalue weighted by atomic mass is 35.5. The number of likely N-dealkylation sites (tertiary alicyclic amines) is 1. The van der Waals surface area contributed by atoms with Gasteiger partial charge in [0.15, 0.2) is 0 Å². The fourth-order valence-electron chi connectivity index (χ4n) is 2.63. The Bertz CT molecular complexity index is 502. The molecule has 0 bridgehead atoms. The van der Waals surface area contributed by atoms with Crippen molar-refractivity contribution >= 4 is 17.5 Å². The quantitative estimate of drug-likeness (QED) is 0.784. The van der Waals surface area contributed by atoms with Crippen molar-refractivity contribution in [3.8, 4) is 5.75 Å². The summed E-state index contributed by atoms with van der Waals surface area (Å²) in [6, 6.07) is 5.15. The molecule has 0 aliphatic carbocycles. The molecule has 1 aliphatic rings. The Morgan fingerprint density at radius 2 is 2.18 bits per heavy atom. The van der Waals surface area contributed by atoms with Gasteiger partial charge in [-0.3, -0.25) is 4.79 Å². The summed E-state index contributed by atoms with van der Waals surface area (Å²) in [7, 11) is 1.52. The topological polar surface area (TPSA) is 61.8 Å². The summed E-state index contributed by atoms with van der Waals surface area (Å²) in [5.74, 6) is 0.270. The summed E-state index contributed by atoms with van der Waals surface area (Å²) >= 11 is 6.08. The van der Waals surface area contributed by atoms with Gasteiger partial charge in [-0.2, -0.15) is 0 Å². The number of nitrogens with one attached hydrogen (secondary N) is 1. The zero-order chi connectivity index (χ0) is 15.9. The number of rotatable bonds is 6. The number of amides is 1. The molecular formula is C16H23ClN2O3. The van der Waals surface area contributed by atoms with Crippen molar-refractivity contribution in [2.45, 2.75) is 25.4 Å². The molecule has 0 atom stereocenters. The molecule has 122 valence electrons. The number of hydrogen-bond donors (Lipinski definition) is 2. The molecule has 1 aromatic carbocycles. The van der Waals surface area contributed by atoms with Crippen LogP contribution in [0.1, 0.15) is 29.6 Å². The molecular weight excluding hydrogens is 304 g/mol. The molecule has 0 unspecified atom stereocenters. The van der Waals surface area contributed by atoms with Gasteiger partial charge in [0.25, 0.3) is 5.91 Å². The van der Waals surface area contributed by atoms with Gasteiger partial charge in [-0.05, 0) is 37.9 Å². The maximum absolute atomic E-state index is 12.2. The summed E-state index contributed by atoms with van der Waals surface area (Å²) < 4.78 is 5.18. The maximum Gasteiger partial charge on any atom is 0.256 e. The van der Waals surface area contributed by atoms with Gasteiger partial charge >= 0.3 is 0 Å². The van der Waals surface area contributed by atoms with Crippen molar-refractivity contribution < 1.29 is 14.6 Å². The molecule has 22 heavy (non-hydrogen) atoms. The Kier molecular flexibility index (Phi) is 6.49. The van der Waals surface area contributed by atoms with E-state index in [0.717, 1.165) is 38.9 Å². The molecule has 1 saturated heterocycles. The van der Waals surface area contributed by atoms with Crippen molar-refractivity contribution in [3.05, 3.63) is 28.8 Å². The standard InChI is InChI=1S/C16H23ClN2O3/c1-22-14-5-2-4-13(17)15(14)16(21)18-8-3-9-19-10-6-12(20)7-11-19/h2,4-5,12,20H,3,6-11H2,1H3,(H,18,21). The summed E-state index contributed by atoms with van der Waals surface area (Å²) in [4.78, 5) is 14.5. The average Bonchev–Trinajstić information content (AvgIpc) is 2.52. The van der Waals surface area contributed by atoms with Crippen molar-refractivity contribution in [3.63, 3.8) is 0 Å². The highest BCUT2D eigenvalue weighted by Gasteiger charge is 2.17. The normalized spacial score (nSPS) is 16.5. The molecule has 1 aliphatic heterocycles. The Hall–Kier alpha value is -1.30. The molecule has 1 heterocycles. The van der Waals surface area contributed by atoms with E-state index in [-0.39, 0.29) is 12.0 Å². The summed E-state index contributed by atoms with van der Waals surface area (Å²) in [6.07, 6.45) is 2.39. The number of carbonyl (C=O) groups is 1. The minimum atomic E-state index is -0.212. The van der Waals surface area contributed by atoms with Gasteiger partial charge in [-0.25, -0.2) is 0 Å². The Morgan fingerprint density at radius 1 is 1.45 bits per heavy atom. The van der Waals surface area contributed by atoms with Gasteiger partial charge < -0.3 is 20.1 Å². The second kappa shape index (κ2) is 8.36. The van der Waals surface area contributed by atoms with Gasteiger partial charge in [-0.15, -0.1) is 0 Å². The zero-order valence-corrected chi connectivity index (χ0v) is 13.6. The lowest BCUT2D eigenvalue weighted by Gasteiger charge is -2.29. The summed E-state index contributed by atoms with van der Waals surface area (Å²) in [5, 5.41) is 12.7. The summed E-state index contributed by atoms with van der Waals surface area (Å²) in [5.41, 5.74) is 0.382. The molecule has 1 amide bonds. The SMILES string of the molecule is COc1cccc(Cl)c1C(=O)NCCCN1CCC(O)CC1. The molecule has 0 radical (unpaired) electrons. The molecule has 1 fully saturated rings. The van der Waals surface area contributed by atoms with Crippen LogP contribution in [0.3, 0.4) is 0 Å². The number of aliphatic hydroxyl groups excluding tert-OH is 1. The fourth-order valence-corrected chi connectivity index (χ4v) is 2.88. The third kappa shape index (κ3) is 4.60. The molecule has 5 nitrogen and oxygen atoms in total. The Labute approximate surface area is 136 Å². The van der Waals surface area contributed by atoms with Crippen LogP contribution in [0.5, 0.6) is 5.75 Å². The first-order valence-electron chi connectivity index (χ1n) is 7.63. The fraction of sp³-hybridized carbons (Fsp3) is 0.562. The zero-order valence-electron chi connectivity index (χ0n) is 12.8. The molecule has 2 rings (SSSR count). The Balaban J connectivity index is 1.76. The number of carbonyl (C=O) groups excluding carboxylic acids is 1. The molecule has 2 N–H and O–H groups in total. The third-order valence-electron chi connectivity index (χ3n) is 3.92. The first kappa shape index (κ1) is 17.1. The minimum absolute atomic E-state index is 0.149. The first-order chi connectivity index (χ1) is 10.6. The van der Waals surface area contributed by atoms with E-state index >= 15 is 0 Å². The smallest absolute Gasteiger partial charge is 0.256 e. The number of ether oxygens (including phenoxy) is 1. The average molecular weight is 327 g/mol. The van der Waals surface area contributed by atoms with E-state index in [4.69, 9.17) is 16.3 Å². The Morgan fingerprint density at radius 3 is 2.86 bits per heavy atom. The van der Waals surface area contributed by atoms with Crippen LogP contribution in [0.4, 0.5) is 0 Å². The van der Waals surface area contributed by atoms with Crippen molar-refractivity contribution in [1.82, 2.24) is 10.2 Å². The maximum atomic E-state index is 12.2. The van der Waals surface area contributed by atoms with Crippen LogP contribution >= 0.6 is 11.6 Å². The van der Waals surface area contributed by atoms with Gasteiger partial charge in [0.05, 0.1) is 23.8 Å². The minimum Gasteiger partial charge on any atom is -0.496 e. The molecule has 1 aromatic rings.